The van der Waals surface area contributed by atoms with Gasteiger partial charge in [0.05, 0.1) is 0 Å². The Balaban J connectivity index is 2.42. The molecule has 0 aliphatic carbocycles. The van der Waals surface area contributed by atoms with Crippen molar-refractivity contribution in [2.75, 3.05) is 0 Å². The first-order chi connectivity index (χ1) is 8.83. The van der Waals surface area contributed by atoms with Crippen LogP contribution in [0.1, 0.15) is 11.1 Å². The molecule has 3 aromatic carbocycles. The van der Waals surface area contributed by atoms with Crippen molar-refractivity contribution in [2.45, 2.75) is 10.7 Å². The van der Waals surface area contributed by atoms with Crippen LogP contribution in [0.5, 0.6) is 0 Å². The van der Waals surface area contributed by atoms with E-state index in [1.165, 1.54) is 32.7 Å². The summed E-state index contributed by atoms with van der Waals surface area (Å²) in [5.41, 5.74) is 2.74. The second kappa shape index (κ2) is 5.02. The van der Waals surface area contributed by atoms with Crippen LogP contribution in [0.3, 0.4) is 0 Å². The summed E-state index contributed by atoms with van der Waals surface area (Å²) in [4.78, 5) is 0. The average molecular weight is 364 g/mol. The molecular weight excluding hydrogens is 352 g/mol. The van der Waals surface area contributed by atoms with Gasteiger partial charge < -0.3 is 0 Å². The lowest BCUT2D eigenvalue weighted by atomic mass is 9.97. The molecule has 0 aromatic heterocycles. The maximum absolute atomic E-state index is 3.61. The Morgan fingerprint density at radius 3 is 2.11 bits per heavy atom. The van der Waals surface area contributed by atoms with Crippen molar-refractivity contribution < 1.29 is 0 Å². The highest BCUT2D eigenvalue weighted by Crippen LogP contribution is 2.30. The third-order valence-electron chi connectivity index (χ3n) is 3.37. The Kier molecular flexibility index (Phi) is 3.40. The van der Waals surface area contributed by atoms with Gasteiger partial charge in [-0.1, -0.05) is 68.3 Å². The van der Waals surface area contributed by atoms with Gasteiger partial charge in [-0.2, -0.15) is 0 Å². The van der Waals surface area contributed by atoms with Gasteiger partial charge in [0.15, 0.2) is 0 Å². The van der Waals surface area contributed by atoms with E-state index >= 15 is 0 Å². The molecule has 0 N–H and O–H groups in total. The van der Waals surface area contributed by atoms with E-state index in [-0.39, 0.29) is 0 Å². The zero-order valence-corrected chi connectivity index (χ0v) is 13.0. The number of hydrogen-bond donors (Lipinski definition) is 0. The quantitative estimate of drug-likeness (QED) is 0.399. The van der Waals surface area contributed by atoms with Gasteiger partial charge in [0.2, 0.25) is 0 Å². The van der Waals surface area contributed by atoms with E-state index in [9.17, 15) is 0 Å². The van der Waals surface area contributed by atoms with Crippen LogP contribution >= 0.6 is 31.9 Å². The molecular formula is C16H12Br2. The summed E-state index contributed by atoms with van der Waals surface area (Å²) in [6.45, 7) is 0. The van der Waals surface area contributed by atoms with Crippen LogP contribution in [0.2, 0.25) is 0 Å². The molecule has 2 heteroatoms. The fourth-order valence-corrected chi connectivity index (χ4v) is 3.59. The van der Waals surface area contributed by atoms with Crippen molar-refractivity contribution in [2.24, 2.45) is 0 Å². The van der Waals surface area contributed by atoms with Crippen molar-refractivity contribution in [3.05, 3.63) is 59.7 Å². The molecule has 0 atom stereocenters. The Morgan fingerprint density at radius 1 is 0.722 bits per heavy atom. The first kappa shape index (κ1) is 12.2. The predicted octanol–water partition coefficient (Wildman–Crippen LogP) is 5.78. The minimum absolute atomic E-state index is 0.892. The molecule has 0 fully saturated rings. The molecule has 0 radical (unpaired) electrons. The van der Waals surface area contributed by atoms with Crippen molar-refractivity contribution >= 4 is 53.4 Å². The molecule has 0 bridgehead atoms. The molecule has 0 saturated carbocycles. The topological polar surface area (TPSA) is 0 Å². The van der Waals surface area contributed by atoms with Crippen LogP contribution in [0, 0.1) is 0 Å². The van der Waals surface area contributed by atoms with Gasteiger partial charge in [0.1, 0.15) is 0 Å². The van der Waals surface area contributed by atoms with Gasteiger partial charge in [-0.05, 0) is 44.8 Å². The second-order valence-corrected chi connectivity index (χ2v) is 5.51. The molecule has 90 valence electrons. The fraction of sp³-hybridized carbons (Fsp3) is 0.125. The molecule has 3 rings (SSSR count). The normalized spacial score (nSPS) is 11.2. The van der Waals surface area contributed by atoms with E-state index in [4.69, 9.17) is 0 Å². The molecule has 0 nitrogen and oxygen atoms in total. The van der Waals surface area contributed by atoms with Crippen molar-refractivity contribution in [1.82, 2.24) is 0 Å². The van der Waals surface area contributed by atoms with Gasteiger partial charge in [-0.15, -0.1) is 0 Å². The number of fused-ring (bicyclic) bond motifs is 2. The van der Waals surface area contributed by atoms with E-state index < -0.39 is 0 Å². The van der Waals surface area contributed by atoms with Gasteiger partial charge >= 0.3 is 0 Å². The molecule has 0 aliphatic rings. The molecule has 0 saturated heterocycles. The molecule has 0 amide bonds. The first-order valence-corrected chi connectivity index (χ1v) is 8.13. The SMILES string of the molecule is BrCc1ccc2cc3ccccc3cc2c1CBr. The van der Waals surface area contributed by atoms with Gasteiger partial charge in [-0.3, -0.25) is 0 Å². The zero-order chi connectivity index (χ0) is 12.5. The van der Waals surface area contributed by atoms with Crippen molar-refractivity contribution in [1.29, 1.82) is 0 Å². The number of hydrogen-bond acceptors (Lipinski definition) is 0. The van der Waals surface area contributed by atoms with E-state index in [1.54, 1.807) is 0 Å². The van der Waals surface area contributed by atoms with Gasteiger partial charge in [-0.25, -0.2) is 0 Å². The summed E-state index contributed by atoms with van der Waals surface area (Å²) in [5.74, 6) is 0. The lowest BCUT2D eigenvalue weighted by Crippen LogP contribution is -1.90. The standard InChI is InChI=1S/C16H12Br2/c17-9-14-6-5-13-7-11-3-1-2-4-12(11)8-15(13)16(14)10-18/h1-8H,9-10H2. The fourth-order valence-electron chi connectivity index (χ4n) is 2.40. The molecule has 0 unspecified atom stereocenters. The monoisotopic (exact) mass is 362 g/mol. The smallest absolute Gasteiger partial charge is 0.0292 e. The van der Waals surface area contributed by atoms with Crippen LogP contribution in [-0.2, 0) is 10.7 Å². The molecule has 0 spiro atoms. The lowest BCUT2D eigenvalue weighted by molar-refractivity contribution is 1.34. The lowest BCUT2D eigenvalue weighted by Gasteiger charge is -2.10. The number of rotatable bonds is 2. The summed E-state index contributed by atoms with van der Waals surface area (Å²) in [6.07, 6.45) is 0. The highest BCUT2D eigenvalue weighted by Gasteiger charge is 2.07. The van der Waals surface area contributed by atoms with E-state index in [1.807, 2.05) is 0 Å². The largest absolute Gasteiger partial charge is 0.0876 e. The van der Waals surface area contributed by atoms with E-state index in [0.717, 1.165) is 10.7 Å². The highest BCUT2D eigenvalue weighted by molar-refractivity contribution is 9.09. The second-order valence-electron chi connectivity index (χ2n) is 4.39. The average Bonchev–Trinajstić information content (AvgIpc) is 2.43. The molecule has 0 heterocycles. The summed E-state index contributed by atoms with van der Waals surface area (Å²) in [5, 5.41) is 7.06. The van der Waals surface area contributed by atoms with E-state index in [2.05, 4.69) is 80.4 Å². The number of alkyl halides is 2. The Hall–Kier alpha value is -0.860. The predicted molar refractivity (Wildman–Crippen MR) is 86.7 cm³/mol. The summed E-state index contributed by atoms with van der Waals surface area (Å²) < 4.78 is 0. The van der Waals surface area contributed by atoms with Crippen LogP contribution in [0.15, 0.2) is 48.5 Å². The van der Waals surface area contributed by atoms with Crippen LogP contribution in [-0.4, -0.2) is 0 Å². The molecule has 18 heavy (non-hydrogen) atoms. The Morgan fingerprint density at radius 2 is 1.44 bits per heavy atom. The maximum Gasteiger partial charge on any atom is 0.0292 e. The minimum Gasteiger partial charge on any atom is -0.0876 e. The van der Waals surface area contributed by atoms with Crippen molar-refractivity contribution in [3.63, 3.8) is 0 Å². The maximum atomic E-state index is 3.61. The van der Waals surface area contributed by atoms with Crippen LogP contribution in [0.4, 0.5) is 0 Å². The summed E-state index contributed by atoms with van der Waals surface area (Å²) in [7, 11) is 0. The summed E-state index contributed by atoms with van der Waals surface area (Å²) >= 11 is 7.18. The number of halogens is 2. The molecule has 3 aromatic rings. The first-order valence-electron chi connectivity index (χ1n) is 5.88. The third-order valence-corrected chi connectivity index (χ3v) is 4.54. The Bertz CT molecular complexity index is 717. The van der Waals surface area contributed by atoms with Gasteiger partial charge in [0.25, 0.3) is 0 Å². The number of benzene rings is 3. The zero-order valence-electron chi connectivity index (χ0n) is 9.79. The summed E-state index contributed by atoms with van der Waals surface area (Å²) in [6, 6.07) is 17.5. The highest BCUT2D eigenvalue weighted by atomic mass is 79.9. The minimum atomic E-state index is 0.892. The molecule has 0 aliphatic heterocycles. The Labute approximate surface area is 123 Å². The van der Waals surface area contributed by atoms with Crippen LogP contribution < -0.4 is 0 Å². The van der Waals surface area contributed by atoms with E-state index in [0.29, 0.717) is 0 Å². The van der Waals surface area contributed by atoms with Gasteiger partial charge in [0, 0.05) is 10.7 Å². The van der Waals surface area contributed by atoms with Crippen LogP contribution in [0.25, 0.3) is 21.5 Å². The van der Waals surface area contributed by atoms with Crippen molar-refractivity contribution in [3.8, 4) is 0 Å². The third kappa shape index (κ3) is 1.98.